The Bertz CT molecular complexity index is 453. The van der Waals surface area contributed by atoms with Crippen LogP contribution < -0.4 is 5.32 Å². The highest BCUT2D eigenvalue weighted by atomic mass is 16.3. The monoisotopic (exact) mass is 231 g/mol. The Morgan fingerprint density at radius 1 is 1.35 bits per heavy atom. The fourth-order valence-corrected chi connectivity index (χ4v) is 1.65. The Kier molecular flexibility index (Phi) is 3.90. The lowest BCUT2D eigenvalue weighted by Gasteiger charge is -2.10. The molecule has 1 aromatic heterocycles. The maximum absolute atomic E-state index is 8.96. The number of H-pyrrole nitrogens is 1. The Hall–Kier alpha value is -1.65. The minimum atomic E-state index is 0.0912. The van der Waals surface area contributed by atoms with Gasteiger partial charge in [-0.15, -0.1) is 0 Å². The summed E-state index contributed by atoms with van der Waals surface area (Å²) in [6.07, 6.45) is 1.82. The number of hydrogen-bond acceptors (Lipinski definition) is 3. The number of aliphatic hydroxyl groups is 1. The van der Waals surface area contributed by atoms with Gasteiger partial charge in [0.1, 0.15) is 0 Å². The smallest absolute Gasteiger partial charge is 0.0695 e. The third kappa shape index (κ3) is 2.93. The zero-order valence-electron chi connectivity index (χ0n) is 9.85. The number of hydrogen-bond donors (Lipinski definition) is 3. The maximum atomic E-state index is 8.96. The molecule has 0 aliphatic carbocycles. The second-order valence-corrected chi connectivity index (χ2v) is 4.10. The van der Waals surface area contributed by atoms with Crippen LogP contribution in [0.4, 0.5) is 0 Å². The third-order valence-corrected chi connectivity index (χ3v) is 2.70. The molecule has 0 radical (unpaired) electrons. The minimum Gasteiger partial charge on any atom is -0.395 e. The summed E-state index contributed by atoms with van der Waals surface area (Å²) >= 11 is 0. The van der Waals surface area contributed by atoms with E-state index in [0.29, 0.717) is 6.54 Å². The molecule has 0 saturated carbocycles. The fourth-order valence-electron chi connectivity index (χ4n) is 1.65. The van der Waals surface area contributed by atoms with Gasteiger partial charge in [0.15, 0.2) is 0 Å². The van der Waals surface area contributed by atoms with Gasteiger partial charge in [-0.05, 0) is 12.5 Å². The molecule has 0 aliphatic heterocycles. The van der Waals surface area contributed by atoms with Crippen LogP contribution in [0.1, 0.15) is 12.5 Å². The quantitative estimate of drug-likeness (QED) is 0.731. The van der Waals surface area contributed by atoms with Crippen molar-refractivity contribution >= 4 is 0 Å². The van der Waals surface area contributed by atoms with Gasteiger partial charge in [0.25, 0.3) is 0 Å². The third-order valence-electron chi connectivity index (χ3n) is 2.70. The first-order valence-electron chi connectivity index (χ1n) is 5.73. The molecule has 1 atom stereocenters. The van der Waals surface area contributed by atoms with E-state index in [4.69, 9.17) is 5.11 Å². The van der Waals surface area contributed by atoms with Gasteiger partial charge < -0.3 is 10.4 Å². The molecule has 0 bridgehead atoms. The van der Waals surface area contributed by atoms with Crippen molar-refractivity contribution in [1.82, 2.24) is 15.5 Å². The molecule has 0 unspecified atom stereocenters. The molecular formula is C13H17N3O. The first-order valence-corrected chi connectivity index (χ1v) is 5.73. The summed E-state index contributed by atoms with van der Waals surface area (Å²) in [5.74, 6) is 0. The van der Waals surface area contributed by atoms with Gasteiger partial charge in [-0.1, -0.05) is 30.3 Å². The number of nitrogens with one attached hydrogen (secondary N) is 2. The Labute approximate surface area is 101 Å². The van der Waals surface area contributed by atoms with Crippen LogP contribution in [0.3, 0.4) is 0 Å². The van der Waals surface area contributed by atoms with Crippen molar-refractivity contribution in [2.75, 3.05) is 6.61 Å². The standard InChI is InChI=1S/C13H17N3O/c1-10(9-17)14-7-12-8-15-16-13(12)11-5-3-2-4-6-11/h2-6,8,10,14,17H,7,9H2,1H3,(H,15,16)/t10-/m1/s1. The van der Waals surface area contributed by atoms with E-state index in [1.54, 1.807) is 0 Å². The van der Waals surface area contributed by atoms with Crippen LogP contribution in [0.2, 0.25) is 0 Å². The summed E-state index contributed by atoms with van der Waals surface area (Å²) in [7, 11) is 0. The average molecular weight is 231 g/mol. The highest BCUT2D eigenvalue weighted by Gasteiger charge is 2.08. The summed E-state index contributed by atoms with van der Waals surface area (Å²) in [6, 6.07) is 10.2. The first-order chi connectivity index (χ1) is 8.31. The lowest BCUT2D eigenvalue weighted by molar-refractivity contribution is 0.251. The molecule has 2 aromatic rings. The van der Waals surface area contributed by atoms with Crippen molar-refractivity contribution in [1.29, 1.82) is 0 Å². The normalized spacial score (nSPS) is 12.6. The Morgan fingerprint density at radius 3 is 2.82 bits per heavy atom. The van der Waals surface area contributed by atoms with Gasteiger partial charge in [-0.25, -0.2) is 0 Å². The summed E-state index contributed by atoms with van der Waals surface area (Å²) < 4.78 is 0. The van der Waals surface area contributed by atoms with Crippen LogP contribution in [0.5, 0.6) is 0 Å². The minimum absolute atomic E-state index is 0.0912. The van der Waals surface area contributed by atoms with E-state index in [0.717, 1.165) is 16.8 Å². The Balaban J connectivity index is 2.12. The van der Waals surface area contributed by atoms with E-state index in [1.165, 1.54) is 0 Å². The second-order valence-electron chi connectivity index (χ2n) is 4.10. The molecule has 17 heavy (non-hydrogen) atoms. The van der Waals surface area contributed by atoms with E-state index in [1.807, 2.05) is 43.5 Å². The molecule has 4 nitrogen and oxygen atoms in total. The summed E-state index contributed by atoms with van der Waals surface area (Å²) in [6.45, 7) is 2.78. The van der Waals surface area contributed by atoms with Crippen molar-refractivity contribution in [3.05, 3.63) is 42.1 Å². The van der Waals surface area contributed by atoms with Crippen molar-refractivity contribution in [2.45, 2.75) is 19.5 Å². The molecule has 0 aliphatic rings. The topological polar surface area (TPSA) is 60.9 Å². The fraction of sp³-hybridized carbons (Fsp3) is 0.308. The van der Waals surface area contributed by atoms with Gasteiger partial charge in [-0.2, -0.15) is 5.10 Å². The van der Waals surface area contributed by atoms with Gasteiger partial charge in [-0.3, -0.25) is 5.10 Å². The van der Waals surface area contributed by atoms with Crippen molar-refractivity contribution < 1.29 is 5.11 Å². The van der Waals surface area contributed by atoms with E-state index >= 15 is 0 Å². The van der Waals surface area contributed by atoms with Gasteiger partial charge >= 0.3 is 0 Å². The molecule has 4 heteroatoms. The lowest BCUT2D eigenvalue weighted by atomic mass is 10.1. The van der Waals surface area contributed by atoms with Gasteiger partial charge in [0, 0.05) is 18.2 Å². The van der Waals surface area contributed by atoms with Crippen LogP contribution in [0.15, 0.2) is 36.5 Å². The number of aromatic nitrogens is 2. The molecule has 1 aromatic carbocycles. The molecule has 1 heterocycles. The average Bonchev–Trinajstić information content (AvgIpc) is 2.85. The predicted molar refractivity (Wildman–Crippen MR) is 67.4 cm³/mol. The zero-order valence-corrected chi connectivity index (χ0v) is 9.85. The number of nitrogens with zero attached hydrogens (tertiary/aromatic N) is 1. The molecule has 90 valence electrons. The highest BCUT2D eigenvalue weighted by molar-refractivity contribution is 5.62. The Morgan fingerprint density at radius 2 is 2.12 bits per heavy atom. The summed E-state index contributed by atoms with van der Waals surface area (Å²) in [4.78, 5) is 0. The van der Waals surface area contributed by atoms with Crippen LogP contribution in [0.25, 0.3) is 11.3 Å². The van der Waals surface area contributed by atoms with Crippen LogP contribution in [-0.4, -0.2) is 28.0 Å². The van der Waals surface area contributed by atoms with E-state index < -0.39 is 0 Å². The second kappa shape index (κ2) is 5.61. The van der Waals surface area contributed by atoms with Crippen LogP contribution in [0, 0.1) is 0 Å². The van der Waals surface area contributed by atoms with Crippen molar-refractivity contribution in [2.24, 2.45) is 0 Å². The molecule has 0 amide bonds. The van der Waals surface area contributed by atoms with Crippen molar-refractivity contribution in [3.8, 4) is 11.3 Å². The largest absolute Gasteiger partial charge is 0.395 e. The van der Waals surface area contributed by atoms with E-state index in [-0.39, 0.29) is 12.6 Å². The maximum Gasteiger partial charge on any atom is 0.0695 e. The SMILES string of the molecule is C[C@H](CO)NCc1cn[nH]c1-c1ccccc1. The van der Waals surface area contributed by atoms with Gasteiger partial charge in [0.05, 0.1) is 18.5 Å². The zero-order chi connectivity index (χ0) is 12.1. The number of aliphatic hydroxyl groups excluding tert-OH is 1. The molecule has 0 spiro atoms. The van der Waals surface area contributed by atoms with Gasteiger partial charge in [0.2, 0.25) is 0 Å². The summed E-state index contributed by atoms with van der Waals surface area (Å²) in [5.41, 5.74) is 3.26. The lowest BCUT2D eigenvalue weighted by Crippen LogP contribution is -2.28. The van der Waals surface area contributed by atoms with E-state index in [2.05, 4.69) is 15.5 Å². The highest BCUT2D eigenvalue weighted by Crippen LogP contribution is 2.20. The molecule has 2 rings (SSSR count). The number of aromatic amines is 1. The predicted octanol–water partition coefficient (Wildman–Crippen LogP) is 1.55. The molecule has 0 saturated heterocycles. The number of benzene rings is 1. The van der Waals surface area contributed by atoms with Crippen LogP contribution in [-0.2, 0) is 6.54 Å². The first kappa shape index (κ1) is 11.8. The molecule has 0 fully saturated rings. The number of rotatable bonds is 5. The van der Waals surface area contributed by atoms with Crippen molar-refractivity contribution in [3.63, 3.8) is 0 Å². The van der Waals surface area contributed by atoms with E-state index in [9.17, 15) is 0 Å². The van der Waals surface area contributed by atoms with Crippen LogP contribution >= 0.6 is 0 Å². The molecular weight excluding hydrogens is 214 g/mol. The summed E-state index contributed by atoms with van der Waals surface area (Å²) in [5, 5.41) is 19.3. The molecule has 3 N–H and O–H groups in total.